The van der Waals surface area contributed by atoms with Gasteiger partial charge in [-0.1, -0.05) is 11.6 Å². The van der Waals surface area contributed by atoms with Gasteiger partial charge in [0, 0.05) is 27.1 Å². The fraction of sp³-hybridized carbons (Fsp3) is 0.316. The van der Waals surface area contributed by atoms with Crippen molar-refractivity contribution in [1.29, 1.82) is 0 Å². The van der Waals surface area contributed by atoms with Crippen molar-refractivity contribution >= 4 is 23.7 Å². The summed E-state index contributed by atoms with van der Waals surface area (Å²) in [4.78, 5) is 10.6. The van der Waals surface area contributed by atoms with Gasteiger partial charge >= 0.3 is 7.60 Å². The molecule has 2 aromatic carbocycles. The van der Waals surface area contributed by atoms with Gasteiger partial charge in [0.05, 0.1) is 0 Å². The van der Waals surface area contributed by atoms with E-state index in [9.17, 15) is 9.46 Å². The van der Waals surface area contributed by atoms with E-state index in [0.717, 1.165) is 21.9 Å². The van der Waals surface area contributed by atoms with Crippen molar-refractivity contribution in [3.63, 3.8) is 0 Å². The molecule has 24 heavy (non-hydrogen) atoms. The standard InChI is InChI=1S/C19H22O3P.Ti/c1-12-13(2)18(19(4,5)14(12)3)22-23(20,21)17-10-15-8-6-7-9-16(15)11-17;/h6-11H,1-5H3,(H,20,21);/q-1;. The zero-order chi connectivity index (χ0) is 17.0. The molecule has 0 saturated heterocycles. The largest absolute Gasteiger partial charge is 0.426 e. The predicted molar refractivity (Wildman–Crippen MR) is 94.9 cm³/mol. The van der Waals surface area contributed by atoms with Crippen LogP contribution in [0.15, 0.2) is 58.9 Å². The Balaban J connectivity index is 0.00000208. The van der Waals surface area contributed by atoms with Crippen LogP contribution >= 0.6 is 7.60 Å². The molecular weight excluding hydrogens is 355 g/mol. The summed E-state index contributed by atoms with van der Waals surface area (Å²) in [5.41, 5.74) is 2.91. The first-order valence-electron chi connectivity index (χ1n) is 7.72. The second-order valence-corrected chi connectivity index (χ2v) is 8.52. The Hall–Kier alpha value is -0.986. The molecular formula is C19H22O3PTi-. The molecule has 3 rings (SSSR count). The average Bonchev–Trinajstić information content (AvgIpc) is 2.99. The van der Waals surface area contributed by atoms with Crippen LogP contribution in [0.5, 0.6) is 0 Å². The van der Waals surface area contributed by atoms with Gasteiger partial charge in [0.15, 0.2) is 0 Å². The van der Waals surface area contributed by atoms with Crippen molar-refractivity contribution in [3.8, 4) is 0 Å². The van der Waals surface area contributed by atoms with Crippen LogP contribution in [0.2, 0.25) is 0 Å². The van der Waals surface area contributed by atoms with Crippen molar-refractivity contribution in [3.05, 3.63) is 58.9 Å². The summed E-state index contributed by atoms with van der Waals surface area (Å²) < 4.78 is 18.6. The molecule has 0 bridgehead atoms. The number of hydrogen-bond donors (Lipinski definition) is 1. The molecule has 1 atom stereocenters. The van der Waals surface area contributed by atoms with Crippen molar-refractivity contribution < 1.29 is 35.7 Å². The summed E-state index contributed by atoms with van der Waals surface area (Å²) in [6.45, 7) is 10.1. The van der Waals surface area contributed by atoms with Crippen LogP contribution in [0.3, 0.4) is 0 Å². The third kappa shape index (κ3) is 3.00. The second kappa shape index (κ2) is 6.39. The summed E-state index contributed by atoms with van der Waals surface area (Å²) in [6, 6.07) is 11.2. The fourth-order valence-electron chi connectivity index (χ4n) is 3.22. The van der Waals surface area contributed by atoms with Crippen LogP contribution < -0.4 is 5.30 Å². The van der Waals surface area contributed by atoms with Crippen LogP contribution in [-0.2, 0) is 30.8 Å². The summed E-state index contributed by atoms with van der Waals surface area (Å²) in [5.74, 6) is 0.601. The number of benzene rings is 1. The molecule has 0 aliphatic heterocycles. The smallest absolute Gasteiger partial charge is 0.389 e. The van der Waals surface area contributed by atoms with E-state index in [1.807, 2.05) is 58.9 Å². The average molecular weight is 377 g/mol. The Labute approximate surface area is 158 Å². The van der Waals surface area contributed by atoms with Crippen molar-refractivity contribution in [2.75, 3.05) is 0 Å². The van der Waals surface area contributed by atoms with E-state index in [4.69, 9.17) is 4.52 Å². The second-order valence-electron chi connectivity index (χ2n) is 6.78. The van der Waals surface area contributed by atoms with Gasteiger partial charge in [0.1, 0.15) is 5.76 Å². The first kappa shape index (κ1) is 19.3. The molecule has 3 nitrogen and oxygen atoms in total. The van der Waals surface area contributed by atoms with E-state index < -0.39 is 7.60 Å². The zero-order valence-electron chi connectivity index (χ0n) is 14.7. The van der Waals surface area contributed by atoms with Crippen molar-refractivity contribution in [1.82, 2.24) is 0 Å². The molecule has 0 saturated carbocycles. The minimum absolute atomic E-state index is 0. The van der Waals surface area contributed by atoms with Crippen molar-refractivity contribution in [2.45, 2.75) is 34.6 Å². The first-order chi connectivity index (χ1) is 10.6. The maximum atomic E-state index is 12.9. The maximum absolute atomic E-state index is 12.9. The number of hydrogen-bond acceptors (Lipinski definition) is 2. The Morgan fingerprint density at radius 1 is 1.12 bits per heavy atom. The van der Waals surface area contributed by atoms with E-state index in [1.54, 1.807) is 12.1 Å². The first-order valence-corrected chi connectivity index (χ1v) is 9.30. The summed E-state index contributed by atoms with van der Waals surface area (Å²) >= 11 is 0. The van der Waals surface area contributed by atoms with E-state index >= 15 is 0 Å². The van der Waals surface area contributed by atoms with Gasteiger partial charge < -0.3 is 9.42 Å². The number of rotatable bonds is 3. The van der Waals surface area contributed by atoms with Crippen LogP contribution in [0.1, 0.15) is 34.6 Å². The molecule has 1 unspecified atom stereocenters. The van der Waals surface area contributed by atoms with Gasteiger partial charge in [0.2, 0.25) is 0 Å². The SMILES string of the molecule is CC1=C(C)C(C)(C)C(OP(=O)(O)c2cc3ccccc3[cH-]2)=C1C.[Ti]. The minimum atomic E-state index is -3.92. The van der Waals surface area contributed by atoms with Gasteiger partial charge in [-0.3, -0.25) is 0 Å². The molecule has 1 aliphatic rings. The monoisotopic (exact) mass is 377 g/mol. The maximum Gasteiger partial charge on any atom is 0.389 e. The number of fused-ring (bicyclic) bond motifs is 1. The molecule has 0 radical (unpaired) electrons. The molecule has 0 fully saturated rings. The molecule has 126 valence electrons. The quantitative estimate of drug-likeness (QED) is 0.464. The molecule has 2 aromatic rings. The normalized spacial score (nSPS) is 19.4. The van der Waals surface area contributed by atoms with Gasteiger partial charge in [-0.2, -0.15) is 6.07 Å². The summed E-state index contributed by atoms with van der Waals surface area (Å²) in [7, 11) is -3.92. The van der Waals surface area contributed by atoms with E-state index in [1.165, 1.54) is 5.57 Å². The molecule has 1 N–H and O–H groups in total. The Morgan fingerprint density at radius 3 is 2.29 bits per heavy atom. The summed E-state index contributed by atoms with van der Waals surface area (Å²) in [5, 5.41) is 2.24. The minimum Gasteiger partial charge on any atom is -0.426 e. The van der Waals surface area contributed by atoms with Crippen molar-refractivity contribution in [2.24, 2.45) is 5.41 Å². The Kier molecular flexibility index (Phi) is 5.15. The third-order valence-electron chi connectivity index (χ3n) is 5.11. The van der Waals surface area contributed by atoms with E-state index in [2.05, 4.69) is 0 Å². The molecule has 0 spiro atoms. The van der Waals surface area contributed by atoms with Gasteiger partial charge in [0.25, 0.3) is 0 Å². The fourth-order valence-corrected chi connectivity index (χ4v) is 4.54. The Bertz CT molecular complexity index is 869. The third-order valence-corrected chi connectivity index (χ3v) is 6.46. The van der Waals surface area contributed by atoms with Gasteiger partial charge in [-0.15, -0.1) is 35.0 Å². The van der Waals surface area contributed by atoms with Crippen LogP contribution in [-0.4, -0.2) is 4.89 Å². The molecule has 0 amide bonds. The van der Waals surface area contributed by atoms with Gasteiger partial charge in [-0.05, 0) is 51.1 Å². The zero-order valence-corrected chi connectivity index (χ0v) is 17.1. The predicted octanol–water partition coefficient (Wildman–Crippen LogP) is 5.03. The summed E-state index contributed by atoms with van der Waals surface area (Å²) in [6.07, 6.45) is 0. The van der Waals surface area contributed by atoms with Crippen LogP contribution in [0, 0.1) is 5.41 Å². The molecule has 5 heteroatoms. The van der Waals surface area contributed by atoms with E-state index in [-0.39, 0.29) is 27.1 Å². The number of allylic oxidation sites excluding steroid dienone is 3. The topological polar surface area (TPSA) is 46.5 Å². The van der Waals surface area contributed by atoms with Gasteiger partial charge in [-0.25, -0.2) is 4.57 Å². The molecule has 0 heterocycles. The Morgan fingerprint density at radius 2 is 1.75 bits per heavy atom. The van der Waals surface area contributed by atoms with E-state index in [0.29, 0.717) is 11.1 Å². The van der Waals surface area contributed by atoms with Crippen LogP contribution in [0.4, 0.5) is 0 Å². The molecule has 1 aliphatic carbocycles. The van der Waals surface area contributed by atoms with Crippen LogP contribution in [0.25, 0.3) is 10.8 Å². The molecule has 0 aromatic heterocycles.